The van der Waals surface area contributed by atoms with E-state index in [1.54, 1.807) is 0 Å². The summed E-state index contributed by atoms with van der Waals surface area (Å²) in [6, 6.07) is 16.8. The van der Waals surface area contributed by atoms with Crippen LogP contribution in [0, 0.1) is 6.92 Å². The van der Waals surface area contributed by atoms with Gasteiger partial charge in [-0.2, -0.15) is 0 Å². The summed E-state index contributed by atoms with van der Waals surface area (Å²) in [6.07, 6.45) is 6.63. The van der Waals surface area contributed by atoms with E-state index < -0.39 is 5.54 Å². The van der Waals surface area contributed by atoms with Gasteiger partial charge in [-0.3, -0.25) is 0 Å². The number of hydrogen-bond donors (Lipinski definition) is 2. The second-order valence-corrected chi connectivity index (χ2v) is 5.64. The van der Waals surface area contributed by atoms with E-state index >= 15 is 0 Å². The average molecular weight is 276 g/mol. The standard InChI is InChI=1S/C19H20N2/c1-14-6-2-3-7-16(14)17-8-4-5-9-18(17)19(21)12-10-15(20)11-13-19/h2-12H,13,20-21H2,1H3. The van der Waals surface area contributed by atoms with Crippen molar-refractivity contribution in [2.45, 2.75) is 18.9 Å². The third-order valence-corrected chi connectivity index (χ3v) is 4.11. The zero-order valence-corrected chi connectivity index (χ0v) is 12.2. The fraction of sp³-hybridized carbons (Fsp3) is 0.158. The maximum atomic E-state index is 6.64. The van der Waals surface area contributed by atoms with Gasteiger partial charge in [0.05, 0.1) is 5.54 Å². The highest BCUT2D eigenvalue weighted by Crippen LogP contribution is 2.36. The summed E-state index contributed by atoms with van der Waals surface area (Å²) in [5, 5.41) is 0. The summed E-state index contributed by atoms with van der Waals surface area (Å²) in [7, 11) is 0. The van der Waals surface area contributed by atoms with E-state index in [4.69, 9.17) is 11.5 Å². The predicted octanol–water partition coefficient (Wildman–Crippen LogP) is 3.62. The minimum Gasteiger partial charge on any atom is -0.399 e. The molecule has 0 radical (unpaired) electrons. The molecule has 2 nitrogen and oxygen atoms in total. The maximum absolute atomic E-state index is 6.64. The van der Waals surface area contributed by atoms with E-state index in [1.807, 2.05) is 24.3 Å². The van der Waals surface area contributed by atoms with Crippen LogP contribution in [0.2, 0.25) is 0 Å². The minimum atomic E-state index is -0.498. The molecule has 0 bridgehead atoms. The van der Waals surface area contributed by atoms with Gasteiger partial charge in [0.15, 0.2) is 0 Å². The van der Waals surface area contributed by atoms with Gasteiger partial charge in [-0.15, -0.1) is 0 Å². The Morgan fingerprint density at radius 1 is 0.952 bits per heavy atom. The molecule has 1 atom stereocenters. The van der Waals surface area contributed by atoms with Crippen LogP contribution in [0.25, 0.3) is 11.1 Å². The van der Waals surface area contributed by atoms with Crippen LogP contribution in [0.1, 0.15) is 17.5 Å². The van der Waals surface area contributed by atoms with Gasteiger partial charge in [0.2, 0.25) is 0 Å². The molecular weight excluding hydrogens is 256 g/mol. The zero-order chi connectivity index (χ0) is 14.9. The molecule has 2 heteroatoms. The van der Waals surface area contributed by atoms with E-state index in [1.165, 1.54) is 16.7 Å². The Bertz CT molecular complexity index is 728. The topological polar surface area (TPSA) is 52.0 Å². The van der Waals surface area contributed by atoms with Crippen molar-refractivity contribution in [3.8, 4) is 11.1 Å². The summed E-state index contributed by atoms with van der Waals surface area (Å²) in [5.74, 6) is 0. The Morgan fingerprint density at radius 3 is 2.29 bits per heavy atom. The minimum absolute atomic E-state index is 0.498. The van der Waals surface area contributed by atoms with Crippen LogP contribution in [0.5, 0.6) is 0 Å². The number of hydrogen-bond acceptors (Lipinski definition) is 2. The molecule has 2 aromatic carbocycles. The fourth-order valence-corrected chi connectivity index (χ4v) is 2.87. The SMILES string of the molecule is Cc1ccccc1-c1ccccc1C1(N)C=CC(N)=CC1. The molecule has 1 aliphatic rings. The molecule has 2 aromatic rings. The van der Waals surface area contributed by atoms with Gasteiger partial charge in [0.25, 0.3) is 0 Å². The third-order valence-electron chi connectivity index (χ3n) is 4.11. The lowest BCUT2D eigenvalue weighted by atomic mass is 9.80. The van der Waals surface area contributed by atoms with Crippen molar-refractivity contribution in [2.24, 2.45) is 11.5 Å². The van der Waals surface area contributed by atoms with Gasteiger partial charge in [-0.25, -0.2) is 0 Å². The number of aryl methyl sites for hydroxylation is 1. The third kappa shape index (κ3) is 2.50. The Morgan fingerprint density at radius 2 is 1.62 bits per heavy atom. The van der Waals surface area contributed by atoms with Crippen molar-refractivity contribution in [3.05, 3.63) is 83.6 Å². The number of allylic oxidation sites excluding steroid dienone is 1. The van der Waals surface area contributed by atoms with Crippen LogP contribution in [-0.2, 0) is 5.54 Å². The Kier molecular flexibility index (Phi) is 3.40. The van der Waals surface area contributed by atoms with Gasteiger partial charge in [0, 0.05) is 5.70 Å². The first kappa shape index (κ1) is 13.7. The van der Waals surface area contributed by atoms with Gasteiger partial charge in [0.1, 0.15) is 0 Å². The fourth-order valence-electron chi connectivity index (χ4n) is 2.87. The molecule has 0 amide bonds. The zero-order valence-electron chi connectivity index (χ0n) is 12.2. The van der Waals surface area contributed by atoms with Crippen LogP contribution >= 0.6 is 0 Å². The Hall–Kier alpha value is -2.32. The molecule has 0 aliphatic heterocycles. The first-order chi connectivity index (χ1) is 10.1. The highest BCUT2D eigenvalue weighted by atomic mass is 14.7. The molecule has 0 heterocycles. The molecule has 0 fully saturated rings. The normalized spacial score (nSPS) is 21.1. The lowest BCUT2D eigenvalue weighted by Gasteiger charge is -2.30. The van der Waals surface area contributed by atoms with E-state index in [9.17, 15) is 0 Å². The lowest BCUT2D eigenvalue weighted by molar-refractivity contribution is 0.563. The predicted molar refractivity (Wildman–Crippen MR) is 88.5 cm³/mol. The first-order valence-electron chi connectivity index (χ1n) is 7.19. The molecule has 0 spiro atoms. The smallest absolute Gasteiger partial charge is 0.0641 e. The highest BCUT2D eigenvalue weighted by molar-refractivity contribution is 5.72. The van der Waals surface area contributed by atoms with Crippen molar-refractivity contribution in [2.75, 3.05) is 0 Å². The second-order valence-electron chi connectivity index (χ2n) is 5.64. The quantitative estimate of drug-likeness (QED) is 0.880. The summed E-state index contributed by atoms with van der Waals surface area (Å²) in [4.78, 5) is 0. The second kappa shape index (κ2) is 5.23. The van der Waals surface area contributed by atoms with Crippen LogP contribution in [-0.4, -0.2) is 0 Å². The molecule has 106 valence electrons. The first-order valence-corrected chi connectivity index (χ1v) is 7.19. The molecule has 0 aromatic heterocycles. The summed E-state index contributed by atoms with van der Waals surface area (Å²) >= 11 is 0. The monoisotopic (exact) mass is 276 g/mol. The summed E-state index contributed by atoms with van der Waals surface area (Å²) in [6.45, 7) is 2.13. The highest BCUT2D eigenvalue weighted by Gasteiger charge is 2.28. The molecule has 1 unspecified atom stereocenters. The maximum Gasteiger partial charge on any atom is 0.0641 e. The molecule has 4 N–H and O–H groups in total. The van der Waals surface area contributed by atoms with Crippen molar-refractivity contribution in [1.82, 2.24) is 0 Å². The van der Waals surface area contributed by atoms with E-state index in [0.29, 0.717) is 0 Å². The number of benzene rings is 2. The molecule has 0 saturated heterocycles. The van der Waals surface area contributed by atoms with Crippen LogP contribution in [0.3, 0.4) is 0 Å². The lowest BCUT2D eigenvalue weighted by Crippen LogP contribution is -2.36. The Balaban J connectivity index is 2.14. The van der Waals surface area contributed by atoms with Gasteiger partial charge < -0.3 is 11.5 Å². The summed E-state index contributed by atoms with van der Waals surface area (Å²) in [5.41, 5.74) is 17.6. The van der Waals surface area contributed by atoms with Crippen molar-refractivity contribution in [1.29, 1.82) is 0 Å². The van der Waals surface area contributed by atoms with Crippen LogP contribution < -0.4 is 11.5 Å². The molecule has 1 aliphatic carbocycles. The summed E-state index contributed by atoms with van der Waals surface area (Å²) < 4.78 is 0. The van der Waals surface area contributed by atoms with Crippen molar-refractivity contribution in [3.63, 3.8) is 0 Å². The van der Waals surface area contributed by atoms with Gasteiger partial charge in [-0.1, -0.05) is 60.7 Å². The van der Waals surface area contributed by atoms with Crippen LogP contribution in [0.15, 0.2) is 72.5 Å². The number of nitrogens with two attached hydrogens (primary N) is 2. The Labute approximate surface area is 125 Å². The van der Waals surface area contributed by atoms with E-state index in [0.717, 1.165) is 17.7 Å². The number of rotatable bonds is 2. The van der Waals surface area contributed by atoms with Crippen molar-refractivity contribution < 1.29 is 0 Å². The molecular formula is C19H20N2. The largest absolute Gasteiger partial charge is 0.399 e. The van der Waals surface area contributed by atoms with E-state index in [-0.39, 0.29) is 0 Å². The molecule has 0 saturated carbocycles. The molecule has 21 heavy (non-hydrogen) atoms. The average Bonchev–Trinajstić information content (AvgIpc) is 2.51. The van der Waals surface area contributed by atoms with Gasteiger partial charge >= 0.3 is 0 Å². The van der Waals surface area contributed by atoms with Gasteiger partial charge in [-0.05, 0) is 41.7 Å². The molecule has 3 rings (SSSR count). The van der Waals surface area contributed by atoms with E-state index in [2.05, 4.69) is 49.4 Å². The van der Waals surface area contributed by atoms with Crippen LogP contribution in [0.4, 0.5) is 0 Å². The van der Waals surface area contributed by atoms with Crippen molar-refractivity contribution >= 4 is 0 Å².